The number of carbonyl (C=O) groups excluding carboxylic acids is 2. The zero-order valence-corrected chi connectivity index (χ0v) is 27.0. The lowest BCUT2D eigenvalue weighted by atomic mass is 10.0. The van der Waals surface area contributed by atoms with E-state index in [0.29, 0.717) is 29.0 Å². The highest BCUT2D eigenvalue weighted by Gasteiger charge is 2.42. The first-order chi connectivity index (χ1) is 23.7. The van der Waals surface area contributed by atoms with E-state index < -0.39 is 11.9 Å². The number of fused-ring (bicyclic) bond motifs is 3. The number of rotatable bonds is 7. The van der Waals surface area contributed by atoms with Crippen LogP contribution >= 0.6 is 0 Å². The van der Waals surface area contributed by atoms with Crippen LogP contribution in [0, 0.1) is 0 Å². The maximum absolute atomic E-state index is 13.1. The van der Waals surface area contributed by atoms with Crippen LogP contribution in [0.1, 0.15) is 42.9 Å². The molecule has 2 amide bonds. The second-order valence-electron chi connectivity index (χ2n) is 13.1. The number of benzene rings is 2. The molecule has 0 saturated carbocycles. The fourth-order valence-corrected chi connectivity index (χ4v) is 7.59. The molecular formula is C35H36N10O4. The van der Waals surface area contributed by atoms with Gasteiger partial charge in [-0.15, -0.1) is 10.2 Å². The van der Waals surface area contributed by atoms with Crippen molar-refractivity contribution in [1.29, 1.82) is 0 Å². The van der Waals surface area contributed by atoms with E-state index in [0.717, 1.165) is 67.1 Å². The predicted molar refractivity (Wildman–Crippen MR) is 183 cm³/mol. The zero-order valence-electron chi connectivity index (χ0n) is 27.0. The van der Waals surface area contributed by atoms with Crippen LogP contribution < -0.4 is 26.5 Å². The lowest BCUT2D eigenvalue weighted by Crippen LogP contribution is -2.54. The van der Waals surface area contributed by atoms with E-state index in [1.54, 1.807) is 23.7 Å². The van der Waals surface area contributed by atoms with E-state index in [2.05, 4.69) is 25.3 Å². The number of nitrogens with two attached hydrogens (primary N) is 1. The summed E-state index contributed by atoms with van der Waals surface area (Å²) in [5, 5.41) is 21.2. The number of imide groups is 1. The van der Waals surface area contributed by atoms with E-state index in [1.807, 2.05) is 48.8 Å². The van der Waals surface area contributed by atoms with Gasteiger partial charge in [-0.25, -0.2) is 14.8 Å². The monoisotopic (exact) mass is 660 g/mol. The van der Waals surface area contributed by atoms with Crippen molar-refractivity contribution in [2.45, 2.75) is 56.7 Å². The van der Waals surface area contributed by atoms with Gasteiger partial charge in [0.2, 0.25) is 17.8 Å². The summed E-state index contributed by atoms with van der Waals surface area (Å²) in [6.45, 7) is 1.49. The average Bonchev–Trinajstić information content (AvgIpc) is 3.51. The maximum Gasteiger partial charge on any atom is 0.329 e. The zero-order chi connectivity index (χ0) is 33.8. The molecule has 3 atom stereocenters. The second-order valence-corrected chi connectivity index (χ2v) is 13.1. The molecule has 3 fully saturated rings. The maximum atomic E-state index is 13.1. The smallest absolute Gasteiger partial charge is 0.329 e. The van der Waals surface area contributed by atoms with Gasteiger partial charge in [0.15, 0.2) is 5.82 Å². The molecule has 4 N–H and O–H groups in total. The number of phenols is 1. The Kier molecular flexibility index (Phi) is 7.49. The van der Waals surface area contributed by atoms with E-state index in [1.165, 1.54) is 4.57 Å². The van der Waals surface area contributed by atoms with Gasteiger partial charge in [0.1, 0.15) is 11.8 Å². The quantitative estimate of drug-likeness (QED) is 0.219. The van der Waals surface area contributed by atoms with Crippen LogP contribution in [0.25, 0.3) is 22.3 Å². The van der Waals surface area contributed by atoms with Crippen molar-refractivity contribution in [3.05, 3.63) is 82.5 Å². The third kappa shape index (κ3) is 5.42. The van der Waals surface area contributed by atoms with E-state index in [9.17, 15) is 19.5 Å². The number of para-hydroxylation sites is 1. The van der Waals surface area contributed by atoms with Crippen LogP contribution in [-0.4, -0.2) is 71.4 Å². The number of nitrogens with zero attached hydrogens (tertiary/aromatic N) is 8. The Labute approximate surface area is 281 Å². The van der Waals surface area contributed by atoms with Crippen LogP contribution in [-0.2, 0) is 29.5 Å². The molecule has 8 rings (SSSR count). The number of aryl methyl sites for hydroxylation is 3. The number of aromatic nitrogens is 6. The molecule has 250 valence electrons. The molecule has 49 heavy (non-hydrogen) atoms. The lowest BCUT2D eigenvalue weighted by molar-refractivity contribution is -0.135. The first-order valence-electron chi connectivity index (χ1n) is 16.5. The van der Waals surface area contributed by atoms with Gasteiger partial charge in [0.25, 0.3) is 0 Å². The summed E-state index contributed by atoms with van der Waals surface area (Å²) in [6, 6.07) is 14.6. The van der Waals surface area contributed by atoms with Crippen LogP contribution in [0.4, 0.5) is 17.5 Å². The minimum Gasteiger partial charge on any atom is -0.507 e. The summed E-state index contributed by atoms with van der Waals surface area (Å²) in [5.74, 6) is 0.476. The van der Waals surface area contributed by atoms with Gasteiger partial charge >= 0.3 is 5.69 Å². The Bertz CT molecular complexity index is 2150. The number of aromatic hydroxyl groups is 1. The molecule has 14 heteroatoms. The van der Waals surface area contributed by atoms with E-state index in [-0.39, 0.29) is 35.9 Å². The van der Waals surface area contributed by atoms with Crippen molar-refractivity contribution in [2.24, 2.45) is 7.05 Å². The van der Waals surface area contributed by atoms with Gasteiger partial charge in [-0.1, -0.05) is 18.2 Å². The van der Waals surface area contributed by atoms with Gasteiger partial charge in [0, 0.05) is 56.6 Å². The minimum absolute atomic E-state index is 0.146. The fourth-order valence-electron chi connectivity index (χ4n) is 7.59. The number of imidazole rings is 1. The molecular weight excluding hydrogens is 624 g/mol. The molecule has 2 aromatic carbocycles. The molecule has 6 heterocycles. The Morgan fingerprint density at radius 2 is 1.63 bits per heavy atom. The number of anilines is 3. The van der Waals surface area contributed by atoms with Crippen molar-refractivity contribution in [2.75, 3.05) is 28.6 Å². The van der Waals surface area contributed by atoms with Crippen molar-refractivity contribution in [3.63, 3.8) is 0 Å². The molecule has 0 radical (unpaired) electrons. The number of phenolic OH excluding ortho intramolecular Hbond substituents is 1. The number of piperazine rings is 1. The highest BCUT2D eigenvalue weighted by molar-refractivity contribution is 6.00. The van der Waals surface area contributed by atoms with Crippen LogP contribution in [0.3, 0.4) is 0 Å². The topological polar surface area (TPSA) is 177 Å². The van der Waals surface area contributed by atoms with E-state index >= 15 is 0 Å². The largest absolute Gasteiger partial charge is 0.507 e. The Morgan fingerprint density at radius 3 is 2.37 bits per heavy atom. The molecule has 14 nitrogen and oxygen atoms in total. The van der Waals surface area contributed by atoms with Gasteiger partial charge < -0.3 is 20.6 Å². The van der Waals surface area contributed by atoms with Crippen LogP contribution in [0.2, 0.25) is 0 Å². The summed E-state index contributed by atoms with van der Waals surface area (Å²) in [7, 11) is 1.70. The first kappa shape index (κ1) is 30.5. The molecule has 3 aliphatic rings. The van der Waals surface area contributed by atoms with Gasteiger partial charge in [0.05, 0.1) is 22.4 Å². The van der Waals surface area contributed by atoms with Crippen LogP contribution in [0.5, 0.6) is 5.75 Å². The van der Waals surface area contributed by atoms with Gasteiger partial charge in [-0.3, -0.25) is 24.0 Å². The summed E-state index contributed by atoms with van der Waals surface area (Å²) >= 11 is 0. The number of carbonyl (C=O) groups is 2. The molecule has 0 aliphatic carbocycles. The normalized spacial score (nSPS) is 20.6. The predicted octanol–water partition coefficient (Wildman–Crippen LogP) is 2.50. The fraction of sp³-hybridized carbons (Fsp3) is 0.343. The van der Waals surface area contributed by atoms with E-state index in [4.69, 9.17) is 15.7 Å². The van der Waals surface area contributed by atoms with Crippen LogP contribution in [0.15, 0.2) is 65.7 Å². The number of piperidine rings is 1. The number of nitrogen functional groups attached to an aromatic ring is 1. The first-order valence-corrected chi connectivity index (χ1v) is 16.5. The number of hydrogen-bond acceptors (Lipinski definition) is 11. The highest BCUT2D eigenvalue weighted by atomic mass is 16.3. The standard InChI is InChI=1S/C35H36N10O4/c1-42-28-14-20(8-11-26(28)45(35(42)49)27-12-13-31(47)39-33(27)48)6-7-21-16-37-34(38-17-21)44-22-9-10-23(44)19-43(18-22)29-15-25(40-41-32(29)36)24-4-2-3-5-30(24)46/h2-5,8,11,14-17,22-23,27,46H,6-7,9-10,12-13,18-19H2,1H3,(H2,36,41)(H,39,47,48). The number of nitrogens with one attached hydrogen (secondary N) is 1. The Morgan fingerprint density at radius 1 is 0.898 bits per heavy atom. The molecule has 3 aromatic heterocycles. The summed E-state index contributed by atoms with van der Waals surface area (Å²) < 4.78 is 3.05. The van der Waals surface area contributed by atoms with Crippen molar-refractivity contribution in [1.82, 2.24) is 34.6 Å². The molecule has 2 bridgehead atoms. The van der Waals surface area contributed by atoms with Gasteiger partial charge in [-0.05, 0) is 73.6 Å². The average molecular weight is 661 g/mol. The third-order valence-corrected chi connectivity index (χ3v) is 10.1. The Balaban J connectivity index is 0.945. The minimum atomic E-state index is -0.706. The number of amides is 2. The highest BCUT2D eigenvalue weighted by Crippen LogP contribution is 2.38. The Hall–Kier alpha value is -5.79. The second kappa shape index (κ2) is 12.0. The third-order valence-electron chi connectivity index (χ3n) is 10.1. The molecule has 3 unspecified atom stereocenters. The summed E-state index contributed by atoms with van der Waals surface area (Å²) in [4.78, 5) is 51.4. The van der Waals surface area contributed by atoms with Gasteiger partial charge in [-0.2, -0.15) is 0 Å². The van der Waals surface area contributed by atoms with Crippen molar-refractivity contribution in [3.8, 4) is 17.0 Å². The molecule has 3 saturated heterocycles. The van der Waals surface area contributed by atoms with Crippen molar-refractivity contribution >= 4 is 40.3 Å². The van der Waals surface area contributed by atoms with Crippen molar-refractivity contribution < 1.29 is 14.7 Å². The summed E-state index contributed by atoms with van der Waals surface area (Å²) in [6.07, 6.45) is 7.79. The molecule has 5 aromatic rings. The number of hydrogen-bond donors (Lipinski definition) is 3. The SMILES string of the molecule is Cn1c(=O)n(C2CCC(=O)NC2=O)c2ccc(CCc3cnc(N4C5CCC4CN(c4cc(-c6ccccc6O)nnc4N)C5)nc3)cc21. The summed E-state index contributed by atoms with van der Waals surface area (Å²) in [5.41, 5.74) is 11.5. The lowest BCUT2D eigenvalue weighted by Gasteiger charge is -2.42. The molecule has 3 aliphatic heterocycles. The molecule has 0 spiro atoms.